The van der Waals surface area contributed by atoms with E-state index in [4.69, 9.17) is 11.5 Å². The number of amides is 1. The zero-order valence-corrected chi connectivity index (χ0v) is 12.6. The first kappa shape index (κ1) is 15.8. The number of sulfonamides is 1. The molecule has 0 aromatic heterocycles. The van der Waals surface area contributed by atoms with Crippen LogP contribution in [-0.4, -0.2) is 20.4 Å². The number of nitrogens with two attached hydrogens (primary N) is 2. The van der Waals surface area contributed by atoms with Gasteiger partial charge in [0.2, 0.25) is 15.9 Å². The summed E-state index contributed by atoms with van der Waals surface area (Å²) in [7, 11) is -3.39. The van der Waals surface area contributed by atoms with Crippen molar-refractivity contribution in [2.75, 3.05) is 5.73 Å². The maximum absolute atomic E-state index is 12.1. The largest absolute Gasteiger partial charge is 0.399 e. The quantitative estimate of drug-likeness (QED) is 0.695. The van der Waals surface area contributed by atoms with Gasteiger partial charge in [0.05, 0.1) is 5.75 Å². The van der Waals surface area contributed by atoms with Crippen molar-refractivity contribution in [1.82, 2.24) is 4.72 Å². The van der Waals surface area contributed by atoms with Crippen LogP contribution in [0.2, 0.25) is 0 Å². The highest BCUT2D eigenvalue weighted by Gasteiger charge is 2.27. The third-order valence-electron chi connectivity index (χ3n) is 3.81. The molecule has 1 aliphatic carbocycles. The van der Waals surface area contributed by atoms with E-state index < -0.39 is 10.0 Å². The van der Waals surface area contributed by atoms with Crippen LogP contribution in [0.25, 0.3) is 0 Å². The number of hydrogen-bond acceptors (Lipinski definition) is 4. The Morgan fingerprint density at radius 2 is 1.71 bits per heavy atom. The molecule has 7 heteroatoms. The molecule has 1 amide bonds. The molecule has 1 aromatic carbocycles. The topological polar surface area (TPSA) is 115 Å². The van der Waals surface area contributed by atoms with E-state index >= 15 is 0 Å². The smallest absolute Gasteiger partial charge is 0.220 e. The summed E-state index contributed by atoms with van der Waals surface area (Å²) >= 11 is 0. The van der Waals surface area contributed by atoms with Gasteiger partial charge in [-0.2, -0.15) is 0 Å². The monoisotopic (exact) mass is 311 g/mol. The lowest BCUT2D eigenvalue weighted by atomic mass is 9.86. The maximum Gasteiger partial charge on any atom is 0.220 e. The fraction of sp³-hybridized carbons (Fsp3) is 0.500. The van der Waals surface area contributed by atoms with Crippen molar-refractivity contribution in [1.29, 1.82) is 0 Å². The molecule has 1 aliphatic rings. The van der Waals surface area contributed by atoms with Crippen molar-refractivity contribution in [2.45, 2.75) is 37.5 Å². The number of hydrogen-bond donors (Lipinski definition) is 3. The number of carbonyl (C=O) groups excluding carboxylic acids is 1. The molecule has 0 aliphatic heterocycles. The fourth-order valence-corrected chi connectivity index (χ4v) is 4.08. The Balaban J connectivity index is 1.90. The number of benzene rings is 1. The van der Waals surface area contributed by atoms with Crippen LogP contribution < -0.4 is 16.2 Å². The third kappa shape index (κ3) is 4.71. The lowest BCUT2D eigenvalue weighted by molar-refractivity contribution is -0.122. The zero-order chi connectivity index (χ0) is 15.5. The van der Waals surface area contributed by atoms with E-state index in [0.717, 1.165) is 0 Å². The lowest BCUT2D eigenvalue weighted by Gasteiger charge is -2.27. The molecule has 0 radical (unpaired) electrons. The van der Waals surface area contributed by atoms with Crippen molar-refractivity contribution in [3.63, 3.8) is 0 Å². The SMILES string of the molecule is NC(=O)C1CCC(NS(=O)(=O)Cc2ccc(N)cc2)CC1. The standard InChI is InChI=1S/C14H21N3O3S/c15-12-5-1-10(2-6-12)9-21(19,20)17-13-7-3-11(4-8-13)14(16)18/h1-2,5-6,11,13,17H,3-4,7-9,15H2,(H2,16,18). The van der Waals surface area contributed by atoms with Gasteiger partial charge < -0.3 is 11.5 Å². The van der Waals surface area contributed by atoms with Crippen LogP contribution in [0.1, 0.15) is 31.2 Å². The van der Waals surface area contributed by atoms with Gasteiger partial charge in [0, 0.05) is 17.6 Å². The predicted octanol–water partition coefficient (Wildman–Crippen LogP) is 0.732. The van der Waals surface area contributed by atoms with E-state index in [-0.39, 0.29) is 23.6 Å². The number of nitrogens with one attached hydrogen (secondary N) is 1. The summed E-state index contributed by atoms with van der Waals surface area (Å²) in [6, 6.07) is 6.67. The van der Waals surface area contributed by atoms with Crippen molar-refractivity contribution >= 4 is 21.6 Å². The molecule has 1 aromatic rings. The van der Waals surface area contributed by atoms with Crippen LogP contribution in [0.4, 0.5) is 5.69 Å². The minimum atomic E-state index is -3.39. The van der Waals surface area contributed by atoms with Crippen molar-refractivity contribution in [3.8, 4) is 0 Å². The molecule has 6 nitrogen and oxygen atoms in total. The average molecular weight is 311 g/mol. The van der Waals surface area contributed by atoms with E-state index in [1.165, 1.54) is 0 Å². The normalized spacial score (nSPS) is 22.9. The van der Waals surface area contributed by atoms with Gasteiger partial charge in [0.25, 0.3) is 0 Å². The van der Waals surface area contributed by atoms with Crippen LogP contribution in [0.3, 0.4) is 0 Å². The Labute approximate surface area is 124 Å². The summed E-state index contributed by atoms with van der Waals surface area (Å²) in [6.45, 7) is 0. The van der Waals surface area contributed by atoms with Crippen LogP contribution in [-0.2, 0) is 20.6 Å². The van der Waals surface area contributed by atoms with Gasteiger partial charge in [-0.05, 0) is 43.4 Å². The van der Waals surface area contributed by atoms with Gasteiger partial charge in [-0.3, -0.25) is 4.79 Å². The number of rotatable bonds is 5. The molecule has 2 rings (SSSR count). The minimum absolute atomic E-state index is 0.0664. The maximum atomic E-state index is 12.1. The van der Waals surface area contributed by atoms with Gasteiger partial charge in [0.15, 0.2) is 0 Å². The Kier molecular flexibility index (Phi) is 4.84. The molecule has 1 fully saturated rings. The highest BCUT2D eigenvalue weighted by Crippen LogP contribution is 2.24. The molecular weight excluding hydrogens is 290 g/mol. The number of primary amides is 1. The summed E-state index contributed by atoms with van der Waals surface area (Å²) in [5.74, 6) is -0.482. The third-order valence-corrected chi connectivity index (χ3v) is 5.22. The molecule has 1 saturated carbocycles. The highest BCUT2D eigenvalue weighted by atomic mass is 32.2. The molecule has 116 valence electrons. The fourth-order valence-electron chi connectivity index (χ4n) is 2.62. The second-order valence-electron chi connectivity index (χ2n) is 5.57. The lowest BCUT2D eigenvalue weighted by Crippen LogP contribution is -2.40. The van der Waals surface area contributed by atoms with Gasteiger partial charge in [-0.15, -0.1) is 0 Å². The van der Waals surface area contributed by atoms with Crippen LogP contribution >= 0.6 is 0 Å². The Morgan fingerprint density at radius 1 is 1.14 bits per heavy atom. The van der Waals surface area contributed by atoms with Gasteiger partial charge >= 0.3 is 0 Å². The Hall–Kier alpha value is -1.60. The first-order valence-electron chi connectivity index (χ1n) is 6.99. The molecule has 0 bridgehead atoms. The van der Waals surface area contributed by atoms with Crippen molar-refractivity contribution in [3.05, 3.63) is 29.8 Å². The Morgan fingerprint density at radius 3 is 2.24 bits per heavy atom. The van der Waals surface area contributed by atoms with E-state index in [1.54, 1.807) is 24.3 Å². The molecule has 0 atom stereocenters. The summed E-state index contributed by atoms with van der Waals surface area (Å²) in [6.07, 6.45) is 2.58. The Bertz CT molecular complexity index is 590. The number of anilines is 1. The van der Waals surface area contributed by atoms with Crippen LogP contribution in [0.15, 0.2) is 24.3 Å². The van der Waals surface area contributed by atoms with Gasteiger partial charge in [0.1, 0.15) is 0 Å². The molecule has 0 unspecified atom stereocenters. The summed E-state index contributed by atoms with van der Waals surface area (Å²) < 4.78 is 27.0. The van der Waals surface area contributed by atoms with Gasteiger partial charge in [-0.1, -0.05) is 12.1 Å². The molecular formula is C14H21N3O3S. The van der Waals surface area contributed by atoms with Crippen LogP contribution in [0, 0.1) is 5.92 Å². The second kappa shape index (κ2) is 6.44. The number of carbonyl (C=O) groups is 1. The summed E-state index contributed by atoms with van der Waals surface area (Å²) in [5, 5.41) is 0. The van der Waals surface area contributed by atoms with Crippen molar-refractivity contribution < 1.29 is 13.2 Å². The molecule has 5 N–H and O–H groups in total. The van der Waals surface area contributed by atoms with E-state index in [9.17, 15) is 13.2 Å². The second-order valence-corrected chi connectivity index (χ2v) is 7.32. The van der Waals surface area contributed by atoms with Crippen LogP contribution in [0.5, 0.6) is 0 Å². The summed E-state index contributed by atoms with van der Waals surface area (Å²) in [4.78, 5) is 11.1. The minimum Gasteiger partial charge on any atom is -0.399 e. The molecule has 0 saturated heterocycles. The first-order valence-corrected chi connectivity index (χ1v) is 8.65. The molecule has 21 heavy (non-hydrogen) atoms. The highest BCUT2D eigenvalue weighted by molar-refractivity contribution is 7.88. The predicted molar refractivity (Wildman–Crippen MR) is 81.6 cm³/mol. The van der Waals surface area contributed by atoms with Crippen molar-refractivity contribution in [2.24, 2.45) is 11.7 Å². The molecule has 0 spiro atoms. The zero-order valence-electron chi connectivity index (χ0n) is 11.8. The first-order chi connectivity index (χ1) is 9.85. The van der Waals surface area contributed by atoms with E-state index in [0.29, 0.717) is 36.9 Å². The molecule has 0 heterocycles. The van der Waals surface area contributed by atoms with Gasteiger partial charge in [-0.25, -0.2) is 13.1 Å². The average Bonchev–Trinajstić information content (AvgIpc) is 2.41. The van der Waals surface area contributed by atoms with E-state index in [2.05, 4.69) is 4.72 Å². The van der Waals surface area contributed by atoms with E-state index in [1.807, 2.05) is 0 Å². The summed E-state index contributed by atoms with van der Waals surface area (Å²) in [5.41, 5.74) is 12.1. The number of nitrogen functional groups attached to an aromatic ring is 1.